The Balaban J connectivity index is 1.80. The molecule has 18 heavy (non-hydrogen) atoms. The third kappa shape index (κ3) is 3.89. The van der Waals surface area contributed by atoms with Crippen LogP contribution in [-0.4, -0.2) is 11.9 Å². The Bertz CT molecular complexity index is 500. The first kappa shape index (κ1) is 12.6. The molecular weight excluding hydrogens is 246 g/mol. The molecule has 2 aromatic heterocycles. The number of carbonyl (C=O) groups is 1. The molecular formula is C14H15NO2S. The van der Waals surface area contributed by atoms with Crippen LogP contribution in [0, 0.1) is 0 Å². The van der Waals surface area contributed by atoms with Crippen molar-refractivity contribution in [3.8, 4) is 0 Å². The van der Waals surface area contributed by atoms with E-state index in [-0.39, 0.29) is 11.9 Å². The summed E-state index contributed by atoms with van der Waals surface area (Å²) in [6.45, 7) is 1.98. The molecule has 0 radical (unpaired) electrons. The second-order valence-corrected chi connectivity index (χ2v) is 5.07. The third-order valence-corrected chi connectivity index (χ3v) is 3.29. The molecule has 0 bridgehead atoms. The van der Waals surface area contributed by atoms with E-state index < -0.39 is 0 Å². The Morgan fingerprint density at radius 2 is 2.44 bits per heavy atom. The van der Waals surface area contributed by atoms with E-state index in [9.17, 15) is 4.79 Å². The highest BCUT2D eigenvalue weighted by molar-refractivity contribution is 7.10. The van der Waals surface area contributed by atoms with Gasteiger partial charge in [0.05, 0.1) is 12.5 Å². The van der Waals surface area contributed by atoms with Crippen molar-refractivity contribution in [2.45, 2.75) is 19.4 Å². The van der Waals surface area contributed by atoms with E-state index in [4.69, 9.17) is 4.42 Å². The van der Waals surface area contributed by atoms with E-state index >= 15 is 0 Å². The Kier molecular flexibility index (Phi) is 4.36. The summed E-state index contributed by atoms with van der Waals surface area (Å²) in [6.07, 6.45) is 7.50. The Hall–Kier alpha value is -1.81. The summed E-state index contributed by atoms with van der Waals surface area (Å²) < 4.78 is 4.99. The first-order valence-electron chi connectivity index (χ1n) is 5.77. The normalized spacial score (nSPS) is 12.7. The van der Waals surface area contributed by atoms with Crippen molar-refractivity contribution in [2.75, 3.05) is 0 Å². The minimum atomic E-state index is -0.0700. The molecule has 1 unspecified atom stereocenters. The lowest BCUT2D eigenvalue weighted by Crippen LogP contribution is -2.32. The smallest absolute Gasteiger partial charge is 0.244 e. The fourth-order valence-electron chi connectivity index (χ4n) is 1.65. The monoisotopic (exact) mass is 261 g/mol. The maximum atomic E-state index is 11.7. The van der Waals surface area contributed by atoms with Gasteiger partial charge in [-0.05, 0) is 42.5 Å². The Morgan fingerprint density at radius 1 is 1.56 bits per heavy atom. The van der Waals surface area contributed by atoms with Crippen LogP contribution in [0.1, 0.15) is 17.4 Å². The molecule has 0 aliphatic heterocycles. The van der Waals surface area contributed by atoms with Crippen LogP contribution in [0.4, 0.5) is 0 Å². The molecule has 94 valence electrons. The first-order chi connectivity index (χ1) is 8.74. The molecule has 0 aromatic carbocycles. The minimum absolute atomic E-state index is 0.0700. The average Bonchev–Trinajstić information content (AvgIpc) is 2.98. The van der Waals surface area contributed by atoms with E-state index in [1.807, 2.05) is 36.6 Å². The summed E-state index contributed by atoms with van der Waals surface area (Å²) in [5.41, 5.74) is 1.09. The summed E-state index contributed by atoms with van der Waals surface area (Å²) in [4.78, 5) is 12.7. The molecule has 2 rings (SSSR count). The number of hydrogen-bond acceptors (Lipinski definition) is 3. The molecule has 2 aromatic rings. The highest BCUT2D eigenvalue weighted by atomic mass is 32.1. The zero-order valence-corrected chi connectivity index (χ0v) is 10.9. The van der Waals surface area contributed by atoms with Crippen LogP contribution in [-0.2, 0) is 11.2 Å². The Morgan fingerprint density at radius 3 is 3.11 bits per heavy atom. The van der Waals surface area contributed by atoms with Crippen molar-refractivity contribution < 1.29 is 9.21 Å². The van der Waals surface area contributed by atoms with E-state index in [2.05, 4.69) is 5.32 Å². The molecule has 2 heterocycles. The van der Waals surface area contributed by atoms with Gasteiger partial charge in [0.15, 0.2) is 0 Å². The molecule has 0 fully saturated rings. The fraction of sp³-hybridized carbons (Fsp3) is 0.214. The highest BCUT2D eigenvalue weighted by Gasteiger charge is 2.06. The SMILES string of the molecule is CC(Cc1ccoc1)NC(=O)/C=C/c1cccs1. The summed E-state index contributed by atoms with van der Waals surface area (Å²) in [7, 11) is 0. The maximum Gasteiger partial charge on any atom is 0.244 e. The predicted octanol–water partition coefficient (Wildman–Crippen LogP) is 3.10. The second-order valence-electron chi connectivity index (χ2n) is 4.09. The molecule has 0 aliphatic carbocycles. The van der Waals surface area contributed by atoms with Crippen molar-refractivity contribution in [3.05, 3.63) is 52.6 Å². The number of thiophene rings is 1. The second kappa shape index (κ2) is 6.21. The van der Waals surface area contributed by atoms with Crippen LogP contribution in [0.5, 0.6) is 0 Å². The van der Waals surface area contributed by atoms with Crippen molar-refractivity contribution in [2.24, 2.45) is 0 Å². The van der Waals surface area contributed by atoms with Crippen LogP contribution in [0.25, 0.3) is 6.08 Å². The van der Waals surface area contributed by atoms with Crippen LogP contribution in [0.2, 0.25) is 0 Å². The van der Waals surface area contributed by atoms with Crippen molar-refractivity contribution in [1.82, 2.24) is 5.32 Å². The van der Waals surface area contributed by atoms with Gasteiger partial charge in [0.25, 0.3) is 0 Å². The van der Waals surface area contributed by atoms with Gasteiger partial charge in [-0.1, -0.05) is 6.07 Å². The number of hydrogen-bond donors (Lipinski definition) is 1. The summed E-state index contributed by atoms with van der Waals surface area (Å²) >= 11 is 1.61. The summed E-state index contributed by atoms with van der Waals surface area (Å²) in [5.74, 6) is -0.0700. The van der Waals surface area contributed by atoms with E-state index in [0.29, 0.717) is 0 Å². The van der Waals surface area contributed by atoms with E-state index in [1.54, 1.807) is 29.9 Å². The molecule has 0 saturated heterocycles. The lowest BCUT2D eigenvalue weighted by atomic mass is 10.1. The summed E-state index contributed by atoms with van der Waals surface area (Å²) in [6, 6.07) is 5.93. The first-order valence-corrected chi connectivity index (χ1v) is 6.65. The molecule has 1 amide bonds. The van der Waals surface area contributed by atoms with Gasteiger partial charge < -0.3 is 9.73 Å². The van der Waals surface area contributed by atoms with Crippen molar-refractivity contribution >= 4 is 23.3 Å². The maximum absolute atomic E-state index is 11.7. The molecule has 1 N–H and O–H groups in total. The van der Waals surface area contributed by atoms with Crippen LogP contribution in [0.3, 0.4) is 0 Å². The molecule has 0 saturated carbocycles. The minimum Gasteiger partial charge on any atom is -0.472 e. The zero-order valence-electron chi connectivity index (χ0n) is 10.1. The van der Waals surface area contributed by atoms with E-state index in [0.717, 1.165) is 16.9 Å². The van der Waals surface area contributed by atoms with Gasteiger partial charge in [0.2, 0.25) is 5.91 Å². The molecule has 0 spiro atoms. The zero-order chi connectivity index (χ0) is 12.8. The number of amides is 1. The topological polar surface area (TPSA) is 42.2 Å². The quantitative estimate of drug-likeness (QED) is 0.840. The average molecular weight is 261 g/mol. The largest absolute Gasteiger partial charge is 0.472 e. The van der Waals surface area contributed by atoms with Gasteiger partial charge in [-0.3, -0.25) is 4.79 Å². The van der Waals surface area contributed by atoms with Gasteiger partial charge in [0.1, 0.15) is 0 Å². The van der Waals surface area contributed by atoms with Gasteiger partial charge in [0, 0.05) is 17.0 Å². The lowest BCUT2D eigenvalue weighted by molar-refractivity contribution is -0.117. The van der Waals surface area contributed by atoms with Gasteiger partial charge in [-0.25, -0.2) is 0 Å². The van der Waals surface area contributed by atoms with Crippen LogP contribution >= 0.6 is 11.3 Å². The number of rotatable bonds is 5. The molecule has 0 aliphatic rings. The standard InChI is InChI=1S/C14H15NO2S/c1-11(9-12-6-7-17-10-12)15-14(16)5-4-13-3-2-8-18-13/h2-8,10-11H,9H2,1H3,(H,15,16)/b5-4+. The van der Waals surface area contributed by atoms with E-state index in [1.165, 1.54) is 0 Å². The summed E-state index contributed by atoms with van der Waals surface area (Å²) in [5, 5.41) is 4.90. The molecule has 3 nitrogen and oxygen atoms in total. The van der Waals surface area contributed by atoms with Gasteiger partial charge >= 0.3 is 0 Å². The third-order valence-electron chi connectivity index (χ3n) is 2.45. The van der Waals surface area contributed by atoms with Gasteiger partial charge in [-0.15, -0.1) is 11.3 Å². The highest BCUT2D eigenvalue weighted by Crippen LogP contribution is 2.10. The van der Waals surface area contributed by atoms with Crippen LogP contribution < -0.4 is 5.32 Å². The number of furan rings is 1. The predicted molar refractivity (Wildman–Crippen MR) is 73.4 cm³/mol. The molecule has 4 heteroatoms. The molecule has 1 atom stereocenters. The van der Waals surface area contributed by atoms with Crippen molar-refractivity contribution in [3.63, 3.8) is 0 Å². The lowest BCUT2D eigenvalue weighted by Gasteiger charge is -2.10. The van der Waals surface area contributed by atoms with Crippen LogP contribution in [0.15, 0.2) is 46.6 Å². The number of nitrogens with one attached hydrogen (secondary N) is 1. The number of carbonyl (C=O) groups excluding carboxylic acids is 1. The fourth-order valence-corrected chi connectivity index (χ4v) is 2.27. The Labute approximate surface area is 110 Å². The van der Waals surface area contributed by atoms with Crippen molar-refractivity contribution in [1.29, 1.82) is 0 Å². The van der Waals surface area contributed by atoms with Gasteiger partial charge in [-0.2, -0.15) is 0 Å².